The molecule has 104 valence electrons. The minimum atomic E-state index is -0.316. The molecule has 1 aromatic heterocycles. The van der Waals surface area contributed by atoms with Gasteiger partial charge in [-0.05, 0) is 44.7 Å². The van der Waals surface area contributed by atoms with Crippen LogP contribution < -0.4 is 0 Å². The van der Waals surface area contributed by atoms with E-state index in [-0.39, 0.29) is 5.97 Å². The number of carbonyl (C=O) groups excluding carboxylic acids is 1. The van der Waals surface area contributed by atoms with Crippen molar-refractivity contribution in [1.29, 1.82) is 0 Å². The Hall–Kier alpha value is -2.10. The van der Waals surface area contributed by atoms with Gasteiger partial charge in [0, 0.05) is 0 Å². The zero-order valence-corrected chi connectivity index (χ0v) is 11.8. The van der Waals surface area contributed by atoms with Crippen LogP contribution in [-0.2, 0) is 17.6 Å². The van der Waals surface area contributed by atoms with Crippen molar-refractivity contribution in [3.8, 4) is 5.69 Å². The molecule has 0 atom stereocenters. The van der Waals surface area contributed by atoms with E-state index < -0.39 is 0 Å². The number of esters is 1. The summed E-state index contributed by atoms with van der Waals surface area (Å²) in [6, 6.07) is 8.32. The van der Waals surface area contributed by atoms with Gasteiger partial charge in [0.15, 0.2) is 5.69 Å². The molecular weight excluding hydrogens is 252 g/mol. The van der Waals surface area contributed by atoms with Crippen molar-refractivity contribution in [3.63, 3.8) is 0 Å². The second-order valence-corrected chi connectivity index (χ2v) is 4.99. The molecular formula is C16H18N2O2. The summed E-state index contributed by atoms with van der Waals surface area (Å²) < 4.78 is 7.23. The van der Waals surface area contributed by atoms with E-state index in [2.05, 4.69) is 27.8 Å². The highest BCUT2D eigenvalue weighted by molar-refractivity contribution is 5.89. The van der Waals surface area contributed by atoms with Crippen molar-refractivity contribution in [2.24, 2.45) is 0 Å². The molecule has 0 spiro atoms. The maximum absolute atomic E-state index is 12.1. The molecule has 1 aromatic carbocycles. The van der Waals surface area contributed by atoms with Crippen LogP contribution in [0.2, 0.25) is 0 Å². The number of nitrogens with zero attached hydrogens (tertiary/aromatic N) is 2. The molecule has 0 unspecified atom stereocenters. The summed E-state index contributed by atoms with van der Waals surface area (Å²) in [6.45, 7) is 4.13. The van der Waals surface area contributed by atoms with E-state index in [0.717, 1.165) is 36.5 Å². The van der Waals surface area contributed by atoms with Crippen LogP contribution in [0.5, 0.6) is 0 Å². The molecule has 0 N–H and O–H groups in total. The molecule has 0 saturated carbocycles. The normalized spacial score (nSPS) is 13.3. The van der Waals surface area contributed by atoms with Crippen LogP contribution in [0, 0.1) is 6.92 Å². The Labute approximate surface area is 118 Å². The lowest BCUT2D eigenvalue weighted by molar-refractivity contribution is 0.0518. The molecule has 0 saturated heterocycles. The van der Waals surface area contributed by atoms with Crippen molar-refractivity contribution in [2.45, 2.75) is 33.1 Å². The van der Waals surface area contributed by atoms with Gasteiger partial charge in [0.2, 0.25) is 0 Å². The molecule has 4 nitrogen and oxygen atoms in total. The molecule has 1 aliphatic heterocycles. The summed E-state index contributed by atoms with van der Waals surface area (Å²) in [5.41, 5.74) is 3.90. The van der Waals surface area contributed by atoms with Gasteiger partial charge in [0.05, 0.1) is 18.0 Å². The first-order valence-electron chi connectivity index (χ1n) is 7.06. The largest absolute Gasteiger partial charge is 0.461 e. The number of imidazole rings is 1. The molecule has 2 aromatic rings. The third-order valence-electron chi connectivity index (χ3n) is 3.70. The molecule has 4 heteroatoms. The summed E-state index contributed by atoms with van der Waals surface area (Å²) in [5, 5.41) is 0. The van der Waals surface area contributed by atoms with Gasteiger partial charge in [0.25, 0.3) is 0 Å². The standard InChI is InChI=1S/C16H18N2O2/c1-3-20-16(19)15-14-10-6-8-12-7-4-5-9-13(12)18(14)11(2)17-15/h4-5,7,9H,3,6,8,10H2,1-2H3. The summed E-state index contributed by atoms with van der Waals surface area (Å²) >= 11 is 0. The van der Waals surface area contributed by atoms with Crippen molar-refractivity contribution < 1.29 is 9.53 Å². The number of aromatic nitrogens is 2. The fourth-order valence-electron chi connectivity index (χ4n) is 2.88. The molecule has 0 aliphatic carbocycles. The van der Waals surface area contributed by atoms with Crippen LogP contribution in [-0.4, -0.2) is 22.1 Å². The summed E-state index contributed by atoms with van der Waals surface area (Å²) in [6.07, 6.45) is 2.90. The maximum atomic E-state index is 12.1. The van der Waals surface area contributed by atoms with E-state index in [1.807, 2.05) is 19.9 Å². The molecule has 1 aliphatic rings. The van der Waals surface area contributed by atoms with E-state index >= 15 is 0 Å². The minimum Gasteiger partial charge on any atom is -0.461 e. The topological polar surface area (TPSA) is 44.1 Å². The highest BCUT2D eigenvalue weighted by Crippen LogP contribution is 2.27. The average molecular weight is 270 g/mol. The number of rotatable bonds is 2. The van der Waals surface area contributed by atoms with Crippen molar-refractivity contribution in [2.75, 3.05) is 6.61 Å². The second-order valence-electron chi connectivity index (χ2n) is 4.99. The highest BCUT2D eigenvalue weighted by atomic mass is 16.5. The predicted octanol–water partition coefficient (Wildman–Crippen LogP) is 2.85. The van der Waals surface area contributed by atoms with Crippen molar-refractivity contribution >= 4 is 5.97 Å². The number of fused-ring (bicyclic) bond motifs is 3. The van der Waals surface area contributed by atoms with Crippen LogP contribution >= 0.6 is 0 Å². The number of ether oxygens (including phenoxy) is 1. The maximum Gasteiger partial charge on any atom is 0.358 e. The van der Waals surface area contributed by atoms with Crippen LogP contribution in [0.3, 0.4) is 0 Å². The van der Waals surface area contributed by atoms with Crippen molar-refractivity contribution in [3.05, 3.63) is 47.0 Å². The van der Waals surface area contributed by atoms with Gasteiger partial charge < -0.3 is 4.74 Å². The first-order chi connectivity index (χ1) is 9.72. The molecule has 0 amide bonds. The lowest BCUT2D eigenvalue weighted by Crippen LogP contribution is -2.09. The second kappa shape index (κ2) is 5.12. The lowest BCUT2D eigenvalue weighted by Gasteiger charge is -2.10. The van der Waals surface area contributed by atoms with E-state index in [1.165, 1.54) is 5.56 Å². The number of aryl methyl sites for hydroxylation is 2. The average Bonchev–Trinajstić information content (AvgIpc) is 2.66. The number of carbonyl (C=O) groups is 1. The van der Waals surface area contributed by atoms with Gasteiger partial charge in [-0.3, -0.25) is 4.57 Å². The van der Waals surface area contributed by atoms with Gasteiger partial charge in [-0.15, -0.1) is 0 Å². The first-order valence-corrected chi connectivity index (χ1v) is 7.06. The van der Waals surface area contributed by atoms with Gasteiger partial charge >= 0.3 is 5.97 Å². The van der Waals surface area contributed by atoms with E-state index in [9.17, 15) is 4.79 Å². The Morgan fingerprint density at radius 3 is 2.95 bits per heavy atom. The fourth-order valence-corrected chi connectivity index (χ4v) is 2.88. The Kier molecular flexibility index (Phi) is 3.30. The van der Waals surface area contributed by atoms with Crippen LogP contribution in [0.15, 0.2) is 24.3 Å². The Morgan fingerprint density at radius 1 is 1.35 bits per heavy atom. The van der Waals surface area contributed by atoms with Gasteiger partial charge in [0.1, 0.15) is 5.82 Å². The molecule has 0 fully saturated rings. The molecule has 0 radical (unpaired) electrons. The zero-order chi connectivity index (χ0) is 14.1. The number of hydrogen-bond acceptors (Lipinski definition) is 3. The number of hydrogen-bond donors (Lipinski definition) is 0. The third-order valence-corrected chi connectivity index (χ3v) is 3.70. The third kappa shape index (κ3) is 2.01. The fraction of sp³-hybridized carbons (Fsp3) is 0.375. The molecule has 2 heterocycles. The van der Waals surface area contributed by atoms with Crippen LogP contribution in [0.4, 0.5) is 0 Å². The smallest absolute Gasteiger partial charge is 0.358 e. The van der Waals surface area contributed by atoms with Gasteiger partial charge in [-0.1, -0.05) is 18.2 Å². The summed E-state index contributed by atoms with van der Waals surface area (Å²) in [5.74, 6) is 0.529. The minimum absolute atomic E-state index is 0.316. The van der Waals surface area contributed by atoms with E-state index in [4.69, 9.17) is 4.74 Å². The van der Waals surface area contributed by atoms with Gasteiger partial charge in [-0.2, -0.15) is 0 Å². The van der Waals surface area contributed by atoms with Crippen molar-refractivity contribution in [1.82, 2.24) is 9.55 Å². The first kappa shape index (κ1) is 12.9. The predicted molar refractivity (Wildman–Crippen MR) is 76.3 cm³/mol. The lowest BCUT2D eigenvalue weighted by atomic mass is 10.1. The van der Waals surface area contributed by atoms with Crippen LogP contribution in [0.25, 0.3) is 5.69 Å². The quantitative estimate of drug-likeness (QED) is 0.788. The van der Waals surface area contributed by atoms with E-state index in [1.54, 1.807) is 0 Å². The Bertz CT molecular complexity index is 658. The zero-order valence-electron chi connectivity index (χ0n) is 11.8. The SMILES string of the molecule is CCOC(=O)c1nc(C)n2c1CCCc1ccccc1-2. The van der Waals surface area contributed by atoms with Crippen LogP contribution in [0.1, 0.15) is 40.9 Å². The Morgan fingerprint density at radius 2 is 2.15 bits per heavy atom. The summed E-state index contributed by atoms with van der Waals surface area (Å²) in [4.78, 5) is 16.5. The van der Waals surface area contributed by atoms with E-state index in [0.29, 0.717) is 12.3 Å². The Balaban J connectivity index is 2.17. The van der Waals surface area contributed by atoms with Gasteiger partial charge in [-0.25, -0.2) is 9.78 Å². The summed E-state index contributed by atoms with van der Waals surface area (Å²) in [7, 11) is 0. The monoisotopic (exact) mass is 270 g/mol. The molecule has 3 rings (SSSR count). The number of para-hydroxylation sites is 1. The molecule has 0 bridgehead atoms. The molecule has 20 heavy (non-hydrogen) atoms. The highest BCUT2D eigenvalue weighted by Gasteiger charge is 2.25. The number of benzene rings is 1.